The molecule has 5 nitrogen and oxygen atoms in total. The van der Waals surface area contributed by atoms with Crippen LogP contribution < -0.4 is 5.32 Å². The van der Waals surface area contributed by atoms with Gasteiger partial charge in [0.25, 0.3) is 0 Å². The molecule has 3 N–H and O–H groups in total. The number of aliphatic hydroxyl groups is 1. The van der Waals surface area contributed by atoms with Gasteiger partial charge in [-0.2, -0.15) is 0 Å². The summed E-state index contributed by atoms with van der Waals surface area (Å²) in [6.07, 6.45) is 1.70. The zero-order chi connectivity index (χ0) is 12.7. The third-order valence-corrected chi connectivity index (χ3v) is 2.70. The Balaban J connectivity index is 2.46. The van der Waals surface area contributed by atoms with Crippen molar-refractivity contribution in [1.29, 1.82) is 0 Å². The van der Waals surface area contributed by atoms with Gasteiger partial charge in [0.05, 0.1) is 7.11 Å². The lowest BCUT2D eigenvalue weighted by atomic mass is 10.1. The highest BCUT2D eigenvalue weighted by Gasteiger charge is 2.09. The summed E-state index contributed by atoms with van der Waals surface area (Å²) in [6, 6.07) is 3.85. The number of carbonyl (C=O) groups excluding carboxylic acids is 1. The van der Waals surface area contributed by atoms with Gasteiger partial charge < -0.3 is 20.1 Å². The molecule has 17 heavy (non-hydrogen) atoms. The SMILES string of the molecule is CCC(CCO)NCc1ccc(C(=O)OC)[nH]1. The molecule has 0 aliphatic rings. The van der Waals surface area contributed by atoms with Gasteiger partial charge in [-0.3, -0.25) is 0 Å². The Morgan fingerprint density at radius 1 is 1.59 bits per heavy atom. The summed E-state index contributed by atoms with van der Waals surface area (Å²) in [6.45, 7) is 2.90. The number of methoxy groups -OCH3 is 1. The molecular weight excluding hydrogens is 220 g/mol. The van der Waals surface area contributed by atoms with E-state index in [1.807, 2.05) is 6.07 Å². The van der Waals surface area contributed by atoms with Crippen LogP contribution in [0, 0.1) is 0 Å². The molecule has 0 fully saturated rings. The predicted octanol–water partition coefficient (Wildman–Crippen LogP) is 1.05. The maximum Gasteiger partial charge on any atom is 0.354 e. The molecule has 0 aliphatic carbocycles. The van der Waals surface area contributed by atoms with Crippen molar-refractivity contribution in [2.45, 2.75) is 32.4 Å². The molecule has 0 amide bonds. The Morgan fingerprint density at radius 3 is 2.94 bits per heavy atom. The van der Waals surface area contributed by atoms with E-state index < -0.39 is 0 Å². The summed E-state index contributed by atoms with van der Waals surface area (Å²) in [7, 11) is 1.36. The molecular formula is C12H20N2O3. The van der Waals surface area contributed by atoms with Gasteiger partial charge in [0.1, 0.15) is 5.69 Å². The van der Waals surface area contributed by atoms with E-state index in [1.165, 1.54) is 7.11 Å². The van der Waals surface area contributed by atoms with E-state index in [1.54, 1.807) is 6.07 Å². The van der Waals surface area contributed by atoms with E-state index in [2.05, 4.69) is 22.0 Å². The van der Waals surface area contributed by atoms with Crippen LogP contribution in [0.15, 0.2) is 12.1 Å². The van der Waals surface area contributed by atoms with Gasteiger partial charge in [-0.15, -0.1) is 0 Å². The number of carbonyl (C=O) groups is 1. The number of hydrogen-bond acceptors (Lipinski definition) is 4. The van der Waals surface area contributed by atoms with Crippen LogP contribution in [-0.4, -0.2) is 35.8 Å². The molecule has 1 aromatic rings. The second-order valence-electron chi connectivity index (χ2n) is 3.89. The Kier molecular flexibility index (Phi) is 5.72. The molecule has 1 heterocycles. The van der Waals surface area contributed by atoms with Crippen molar-refractivity contribution in [3.63, 3.8) is 0 Å². The number of esters is 1. The van der Waals surface area contributed by atoms with Crippen LogP contribution in [0.2, 0.25) is 0 Å². The normalized spacial score (nSPS) is 12.4. The van der Waals surface area contributed by atoms with Crippen molar-refractivity contribution in [3.8, 4) is 0 Å². The quantitative estimate of drug-likeness (QED) is 0.623. The first kappa shape index (κ1) is 13.7. The van der Waals surface area contributed by atoms with Gasteiger partial charge in [-0.25, -0.2) is 4.79 Å². The van der Waals surface area contributed by atoms with E-state index in [-0.39, 0.29) is 12.6 Å². The monoisotopic (exact) mass is 240 g/mol. The average Bonchev–Trinajstić information content (AvgIpc) is 2.82. The van der Waals surface area contributed by atoms with Gasteiger partial charge in [0.2, 0.25) is 0 Å². The molecule has 96 valence electrons. The third kappa shape index (κ3) is 4.20. The van der Waals surface area contributed by atoms with Gasteiger partial charge in [0.15, 0.2) is 0 Å². The topological polar surface area (TPSA) is 74.3 Å². The smallest absolute Gasteiger partial charge is 0.354 e. The first-order chi connectivity index (χ1) is 8.21. The highest BCUT2D eigenvalue weighted by molar-refractivity contribution is 5.87. The molecule has 1 atom stereocenters. The molecule has 0 saturated heterocycles. The van der Waals surface area contributed by atoms with Crippen LogP contribution in [0.1, 0.15) is 35.9 Å². The van der Waals surface area contributed by atoms with Crippen LogP contribution >= 0.6 is 0 Å². The summed E-state index contributed by atoms with van der Waals surface area (Å²) >= 11 is 0. The lowest BCUT2D eigenvalue weighted by Crippen LogP contribution is -2.29. The highest BCUT2D eigenvalue weighted by Crippen LogP contribution is 2.05. The zero-order valence-corrected chi connectivity index (χ0v) is 10.3. The van der Waals surface area contributed by atoms with E-state index in [0.29, 0.717) is 18.3 Å². The van der Waals surface area contributed by atoms with Gasteiger partial charge >= 0.3 is 5.97 Å². The first-order valence-corrected chi connectivity index (χ1v) is 5.81. The number of hydrogen-bond donors (Lipinski definition) is 3. The third-order valence-electron chi connectivity index (χ3n) is 2.70. The molecule has 1 rings (SSSR count). The number of ether oxygens (including phenoxy) is 1. The highest BCUT2D eigenvalue weighted by atomic mass is 16.5. The van der Waals surface area contributed by atoms with Crippen molar-refractivity contribution in [2.75, 3.05) is 13.7 Å². The molecule has 0 saturated carbocycles. The standard InChI is InChI=1S/C12H20N2O3/c1-3-9(6-7-15)13-8-10-4-5-11(14-10)12(16)17-2/h4-5,9,13-15H,3,6-8H2,1-2H3. The second kappa shape index (κ2) is 7.09. The second-order valence-corrected chi connectivity index (χ2v) is 3.89. The maximum absolute atomic E-state index is 11.2. The van der Waals surface area contributed by atoms with Crippen LogP contribution in [0.25, 0.3) is 0 Å². The van der Waals surface area contributed by atoms with Gasteiger partial charge in [0, 0.05) is 24.9 Å². The fourth-order valence-corrected chi connectivity index (χ4v) is 1.63. The fourth-order valence-electron chi connectivity index (χ4n) is 1.63. The summed E-state index contributed by atoms with van der Waals surface area (Å²) in [5.74, 6) is -0.362. The summed E-state index contributed by atoms with van der Waals surface area (Å²) in [5, 5.41) is 12.2. The summed E-state index contributed by atoms with van der Waals surface area (Å²) < 4.78 is 4.61. The number of aromatic nitrogens is 1. The number of rotatable bonds is 7. The number of H-pyrrole nitrogens is 1. The number of aromatic amines is 1. The Morgan fingerprint density at radius 2 is 2.35 bits per heavy atom. The van der Waals surface area contributed by atoms with E-state index in [0.717, 1.165) is 18.5 Å². The average molecular weight is 240 g/mol. The van der Waals surface area contributed by atoms with Crippen LogP contribution in [0.4, 0.5) is 0 Å². The van der Waals surface area contributed by atoms with Crippen molar-refractivity contribution in [1.82, 2.24) is 10.3 Å². The molecule has 1 unspecified atom stereocenters. The van der Waals surface area contributed by atoms with Crippen LogP contribution in [-0.2, 0) is 11.3 Å². The minimum absolute atomic E-state index is 0.184. The van der Waals surface area contributed by atoms with Crippen molar-refractivity contribution in [2.24, 2.45) is 0 Å². The molecule has 0 spiro atoms. The lowest BCUT2D eigenvalue weighted by molar-refractivity contribution is 0.0594. The van der Waals surface area contributed by atoms with E-state index in [4.69, 9.17) is 5.11 Å². The Bertz CT molecular complexity index is 349. The number of aliphatic hydroxyl groups excluding tert-OH is 1. The summed E-state index contributed by atoms with van der Waals surface area (Å²) in [4.78, 5) is 14.2. The van der Waals surface area contributed by atoms with Crippen LogP contribution in [0.5, 0.6) is 0 Å². The van der Waals surface area contributed by atoms with E-state index in [9.17, 15) is 4.79 Å². The molecule has 5 heteroatoms. The molecule has 1 aromatic heterocycles. The molecule has 0 radical (unpaired) electrons. The Hall–Kier alpha value is -1.33. The molecule has 0 aliphatic heterocycles. The van der Waals surface area contributed by atoms with Crippen LogP contribution in [0.3, 0.4) is 0 Å². The predicted molar refractivity (Wildman–Crippen MR) is 64.8 cm³/mol. The first-order valence-electron chi connectivity index (χ1n) is 5.81. The minimum Gasteiger partial charge on any atom is -0.464 e. The zero-order valence-electron chi connectivity index (χ0n) is 10.3. The lowest BCUT2D eigenvalue weighted by Gasteiger charge is -2.14. The maximum atomic E-state index is 11.2. The van der Waals surface area contributed by atoms with Crippen molar-refractivity contribution >= 4 is 5.97 Å². The largest absolute Gasteiger partial charge is 0.464 e. The minimum atomic E-state index is -0.362. The van der Waals surface area contributed by atoms with Gasteiger partial charge in [-0.1, -0.05) is 6.92 Å². The van der Waals surface area contributed by atoms with Gasteiger partial charge in [-0.05, 0) is 25.0 Å². The molecule has 0 bridgehead atoms. The van der Waals surface area contributed by atoms with E-state index >= 15 is 0 Å². The fraction of sp³-hybridized carbons (Fsp3) is 0.583. The molecule has 0 aromatic carbocycles. The Labute approximate surface area is 101 Å². The van der Waals surface area contributed by atoms with Crippen molar-refractivity contribution in [3.05, 3.63) is 23.5 Å². The number of nitrogens with one attached hydrogen (secondary N) is 2. The van der Waals surface area contributed by atoms with Crippen molar-refractivity contribution < 1.29 is 14.6 Å². The summed E-state index contributed by atoms with van der Waals surface area (Å²) in [5.41, 5.74) is 1.39.